The first-order chi connectivity index (χ1) is 7.98. The molecule has 17 heavy (non-hydrogen) atoms. The van der Waals surface area contributed by atoms with Gasteiger partial charge in [-0.1, -0.05) is 47.0 Å². The lowest BCUT2D eigenvalue weighted by Gasteiger charge is -2.40. The zero-order chi connectivity index (χ0) is 13.5. The summed E-state index contributed by atoms with van der Waals surface area (Å²) in [6.07, 6.45) is 4.94. The van der Waals surface area contributed by atoms with Crippen LogP contribution >= 0.6 is 0 Å². The molecule has 1 amide bonds. The largest absolute Gasteiger partial charge is 0.368 e. The molecule has 0 rings (SSSR count). The number of nitrogens with two attached hydrogens (primary N) is 1. The molecule has 0 aliphatic heterocycles. The van der Waals surface area contributed by atoms with E-state index in [0.717, 1.165) is 32.1 Å². The number of nitrogens with one attached hydrogen (secondary N) is 1. The van der Waals surface area contributed by atoms with Gasteiger partial charge in [-0.2, -0.15) is 0 Å². The van der Waals surface area contributed by atoms with Crippen molar-refractivity contribution in [2.24, 2.45) is 11.7 Å². The highest BCUT2D eigenvalue weighted by Crippen LogP contribution is 2.28. The van der Waals surface area contributed by atoms with Crippen LogP contribution in [0.25, 0.3) is 0 Å². The summed E-state index contributed by atoms with van der Waals surface area (Å²) in [7, 11) is 0. The van der Waals surface area contributed by atoms with Gasteiger partial charge in [0.05, 0.1) is 0 Å². The molecule has 3 nitrogen and oxygen atoms in total. The van der Waals surface area contributed by atoms with Gasteiger partial charge in [0.25, 0.3) is 0 Å². The monoisotopic (exact) mass is 242 g/mol. The molecule has 0 spiro atoms. The maximum absolute atomic E-state index is 11.9. The lowest BCUT2D eigenvalue weighted by Crippen LogP contribution is -2.62. The highest BCUT2D eigenvalue weighted by molar-refractivity contribution is 5.85. The molecule has 0 aromatic heterocycles. The molecular weight excluding hydrogens is 212 g/mol. The number of amides is 1. The van der Waals surface area contributed by atoms with Crippen LogP contribution in [-0.4, -0.2) is 17.5 Å². The number of primary amides is 1. The van der Waals surface area contributed by atoms with Crippen LogP contribution in [0.1, 0.15) is 66.7 Å². The third-order valence-electron chi connectivity index (χ3n) is 3.91. The zero-order valence-corrected chi connectivity index (χ0v) is 12.2. The van der Waals surface area contributed by atoms with Crippen molar-refractivity contribution in [3.63, 3.8) is 0 Å². The summed E-state index contributed by atoms with van der Waals surface area (Å²) < 4.78 is 0. The molecule has 0 saturated heterocycles. The van der Waals surface area contributed by atoms with Crippen LogP contribution in [0.15, 0.2) is 0 Å². The molecule has 0 bridgehead atoms. The lowest BCUT2D eigenvalue weighted by atomic mass is 9.77. The van der Waals surface area contributed by atoms with Gasteiger partial charge in [-0.3, -0.25) is 4.79 Å². The average molecular weight is 242 g/mol. The molecule has 0 fully saturated rings. The van der Waals surface area contributed by atoms with Crippen molar-refractivity contribution in [2.45, 2.75) is 78.3 Å². The Morgan fingerprint density at radius 1 is 1.24 bits per heavy atom. The van der Waals surface area contributed by atoms with E-state index in [9.17, 15) is 4.79 Å². The smallest absolute Gasteiger partial charge is 0.238 e. The summed E-state index contributed by atoms with van der Waals surface area (Å²) in [4.78, 5) is 11.9. The topological polar surface area (TPSA) is 55.1 Å². The van der Waals surface area contributed by atoms with Gasteiger partial charge in [-0.05, 0) is 25.7 Å². The highest BCUT2D eigenvalue weighted by atomic mass is 16.1. The molecule has 2 unspecified atom stereocenters. The van der Waals surface area contributed by atoms with Crippen LogP contribution in [-0.2, 0) is 4.79 Å². The molecule has 2 atom stereocenters. The fourth-order valence-electron chi connectivity index (χ4n) is 2.89. The fraction of sp³-hybridized carbons (Fsp3) is 0.929. The first kappa shape index (κ1) is 16.4. The minimum absolute atomic E-state index is 0.198. The first-order valence-corrected chi connectivity index (χ1v) is 7.05. The predicted molar refractivity (Wildman–Crippen MR) is 73.8 cm³/mol. The fourth-order valence-corrected chi connectivity index (χ4v) is 2.89. The first-order valence-electron chi connectivity index (χ1n) is 7.05. The van der Waals surface area contributed by atoms with E-state index < -0.39 is 5.54 Å². The van der Waals surface area contributed by atoms with Crippen LogP contribution in [0.2, 0.25) is 0 Å². The average Bonchev–Trinajstić information content (AvgIpc) is 2.28. The van der Waals surface area contributed by atoms with E-state index in [-0.39, 0.29) is 5.91 Å². The quantitative estimate of drug-likeness (QED) is 0.653. The van der Waals surface area contributed by atoms with E-state index in [1.165, 1.54) is 0 Å². The van der Waals surface area contributed by atoms with Gasteiger partial charge in [0, 0.05) is 6.04 Å². The summed E-state index contributed by atoms with van der Waals surface area (Å²) in [5.41, 5.74) is 5.15. The Bertz CT molecular complexity index is 226. The van der Waals surface area contributed by atoms with Gasteiger partial charge in [0.15, 0.2) is 0 Å². The summed E-state index contributed by atoms with van der Waals surface area (Å²) in [6.45, 7) is 10.6. The van der Waals surface area contributed by atoms with Gasteiger partial charge in [0.2, 0.25) is 5.91 Å². The van der Waals surface area contributed by atoms with Gasteiger partial charge in [-0.25, -0.2) is 0 Å². The molecule has 3 heteroatoms. The summed E-state index contributed by atoms with van der Waals surface area (Å²) in [6, 6.07) is 0.341. The molecule has 0 aliphatic rings. The van der Waals surface area contributed by atoms with Crippen molar-refractivity contribution in [2.75, 3.05) is 0 Å². The Morgan fingerprint density at radius 3 is 2.06 bits per heavy atom. The van der Waals surface area contributed by atoms with Gasteiger partial charge < -0.3 is 11.1 Å². The van der Waals surface area contributed by atoms with E-state index in [2.05, 4.69) is 39.9 Å². The van der Waals surface area contributed by atoms with Crippen molar-refractivity contribution in [1.29, 1.82) is 0 Å². The summed E-state index contributed by atoms with van der Waals surface area (Å²) in [5.74, 6) is 0.126. The zero-order valence-electron chi connectivity index (χ0n) is 12.2. The van der Waals surface area contributed by atoms with Crippen molar-refractivity contribution in [3.05, 3.63) is 0 Å². The molecule has 0 heterocycles. The third-order valence-corrected chi connectivity index (χ3v) is 3.91. The molecule has 0 saturated carbocycles. The SMILES string of the molecule is CCCC(C)NC(CC)(C(N)=O)C(CC)CC. The Hall–Kier alpha value is -0.570. The maximum Gasteiger partial charge on any atom is 0.238 e. The second-order valence-electron chi connectivity index (χ2n) is 5.04. The van der Waals surface area contributed by atoms with Gasteiger partial charge in [0.1, 0.15) is 5.54 Å². The number of rotatable bonds is 9. The Labute approximate surface area is 107 Å². The van der Waals surface area contributed by atoms with Crippen LogP contribution in [0.3, 0.4) is 0 Å². The minimum atomic E-state index is -0.530. The van der Waals surface area contributed by atoms with E-state index >= 15 is 0 Å². The molecule has 0 aromatic carbocycles. The van der Waals surface area contributed by atoms with Crippen molar-refractivity contribution in [3.8, 4) is 0 Å². The number of carbonyl (C=O) groups excluding carboxylic acids is 1. The number of hydrogen-bond donors (Lipinski definition) is 2. The van der Waals surface area contributed by atoms with Gasteiger partial charge >= 0.3 is 0 Å². The maximum atomic E-state index is 11.9. The molecule has 102 valence electrons. The van der Waals surface area contributed by atoms with Crippen LogP contribution in [0.4, 0.5) is 0 Å². The number of carbonyl (C=O) groups is 1. The van der Waals surface area contributed by atoms with Crippen LogP contribution < -0.4 is 11.1 Å². The molecule has 3 N–H and O–H groups in total. The second-order valence-corrected chi connectivity index (χ2v) is 5.04. The van der Waals surface area contributed by atoms with E-state index in [4.69, 9.17) is 5.73 Å². The highest BCUT2D eigenvalue weighted by Gasteiger charge is 2.41. The normalized spacial score (nSPS) is 16.8. The second kappa shape index (κ2) is 7.70. The Kier molecular flexibility index (Phi) is 7.44. The minimum Gasteiger partial charge on any atom is -0.368 e. The van der Waals surface area contributed by atoms with Crippen molar-refractivity contribution >= 4 is 5.91 Å². The predicted octanol–water partition coefficient (Wildman–Crippen LogP) is 2.83. The van der Waals surface area contributed by atoms with E-state index in [0.29, 0.717) is 12.0 Å². The third kappa shape index (κ3) is 3.98. The standard InChI is InChI=1S/C14H30N2O/c1-6-10-11(5)16-14(9-4,13(15)17)12(7-2)8-3/h11-12,16H,6-10H2,1-5H3,(H2,15,17). The molecule has 0 radical (unpaired) electrons. The lowest BCUT2D eigenvalue weighted by molar-refractivity contribution is -0.127. The van der Waals surface area contributed by atoms with Crippen molar-refractivity contribution < 1.29 is 4.79 Å². The van der Waals surface area contributed by atoms with Crippen molar-refractivity contribution in [1.82, 2.24) is 5.32 Å². The van der Waals surface area contributed by atoms with Gasteiger partial charge in [-0.15, -0.1) is 0 Å². The Morgan fingerprint density at radius 2 is 1.76 bits per heavy atom. The van der Waals surface area contributed by atoms with E-state index in [1.54, 1.807) is 0 Å². The van der Waals surface area contributed by atoms with E-state index in [1.807, 2.05) is 0 Å². The molecule has 0 aliphatic carbocycles. The number of hydrogen-bond acceptors (Lipinski definition) is 2. The summed E-state index contributed by atoms with van der Waals surface area (Å²) >= 11 is 0. The van der Waals surface area contributed by atoms with Crippen LogP contribution in [0.5, 0.6) is 0 Å². The Balaban J connectivity index is 5.00. The molecular formula is C14H30N2O. The summed E-state index contributed by atoms with van der Waals surface area (Å²) in [5, 5.41) is 3.51. The molecule has 0 aromatic rings. The van der Waals surface area contributed by atoms with Crippen LogP contribution in [0, 0.1) is 5.92 Å².